The summed E-state index contributed by atoms with van der Waals surface area (Å²) in [5.41, 5.74) is 0. The molecule has 1 saturated heterocycles. The predicted molar refractivity (Wildman–Crippen MR) is 62.2 cm³/mol. The zero-order valence-corrected chi connectivity index (χ0v) is 9.79. The predicted octanol–water partition coefficient (Wildman–Crippen LogP) is 2.74. The van der Waals surface area contributed by atoms with E-state index in [0.29, 0.717) is 5.02 Å². The van der Waals surface area contributed by atoms with Crippen LogP contribution in [0.2, 0.25) is 5.02 Å². The van der Waals surface area contributed by atoms with Gasteiger partial charge in [-0.3, -0.25) is 14.9 Å². The maximum atomic E-state index is 11.3. The van der Waals surface area contributed by atoms with Crippen LogP contribution in [-0.4, -0.2) is 15.7 Å². The minimum atomic E-state index is -0.390. The second kappa shape index (κ2) is 4.47. The van der Waals surface area contributed by atoms with Gasteiger partial charge in [0.15, 0.2) is 0 Å². The highest BCUT2D eigenvalue weighted by Crippen LogP contribution is 2.34. The van der Waals surface area contributed by atoms with Gasteiger partial charge in [-0.05, 0) is 36.0 Å². The third-order valence-corrected chi connectivity index (χ3v) is 4.26. The Labute approximate surface area is 99.9 Å². The first-order valence-corrected chi connectivity index (χ1v) is 6.22. The Hall–Kier alpha value is -0.650. The Bertz CT molecular complexity index is 407. The number of carbonyl (C=O) groups is 2. The average Bonchev–Trinajstić information content (AvgIpc) is 2.49. The van der Waals surface area contributed by atoms with Gasteiger partial charge in [-0.2, -0.15) is 0 Å². The van der Waals surface area contributed by atoms with Crippen molar-refractivity contribution in [2.45, 2.75) is 9.48 Å². The van der Waals surface area contributed by atoms with Crippen LogP contribution in [0.5, 0.6) is 0 Å². The number of amides is 2. The standard InChI is InChI=1S/C9H6ClNO2S2/c10-5-1-3-6(4-2-5)14-8-7(12)11-9(13)15-8/h1-4,8H,(H,11,12,13). The zero-order valence-electron chi connectivity index (χ0n) is 7.40. The molecule has 78 valence electrons. The van der Waals surface area contributed by atoms with Gasteiger partial charge in [-0.1, -0.05) is 11.6 Å². The van der Waals surface area contributed by atoms with Crippen LogP contribution in [0.25, 0.3) is 0 Å². The Balaban J connectivity index is 2.06. The third kappa shape index (κ3) is 2.68. The quantitative estimate of drug-likeness (QED) is 0.887. The first-order valence-electron chi connectivity index (χ1n) is 4.09. The number of halogens is 1. The molecule has 0 spiro atoms. The van der Waals surface area contributed by atoms with Gasteiger partial charge in [0.05, 0.1) is 0 Å². The van der Waals surface area contributed by atoms with E-state index in [1.807, 2.05) is 12.1 Å². The molecule has 0 aliphatic carbocycles. The number of rotatable bonds is 2. The van der Waals surface area contributed by atoms with Crippen LogP contribution in [0.3, 0.4) is 0 Å². The summed E-state index contributed by atoms with van der Waals surface area (Å²) < 4.78 is -0.390. The van der Waals surface area contributed by atoms with Crippen LogP contribution in [-0.2, 0) is 4.79 Å². The molecule has 0 aromatic heterocycles. The van der Waals surface area contributed by atoms with Gasteiger partial charge < -0.3 is 0 Å². The molecule has 1 aliphatic heterocycles. The van der Waals surface area contributed by atoms with E-state index in [2.05, 4.69) is 5.32 Å². The van der Waals surface area contributed by atoms with E-state index < -0.39 is 4.58 Å². The number of thioether (sulfide) groups is 2. The Morgan fingerprint density at radius 1 is 1.27 bits per heavy atom. The zero-order chi connectivity index (χ0) is 10.8. The summed E-state index contributed by atoms with van der Waals surface area (Å²) in [7, 11) is 0. The largest absolute Gasteiger partial charge is 0.287 e. The molecule has 0 bridgehead atoms. The van der Waals surface area contributed by atoms with E-state index in [9.17, 15) is 9.59 Å². The fraction of sp³-hybridized carbons (Fsp3) is 0.111. The maximum absolute atomic E-state index is 11.3. The summed E-state index contributed by atoms with van der Waals surface area (Å²) in [5.74, 6) is -0.245. The van der Waals surface area contributed by atoms with Crippen molar-refractivity contribution in [3.8, 4) is 0 Å². The van der Waals surface area contributed by atoms with E-state index in [0.717, 1.165) is 16.7 Å². The number of benzene rings is 1. The van der Waals surface area contributed by atoms with E-state index in [1.54, 1.807) is 12.1 Å². The second-order valence-corrected chi connectivity index (χ2v) is 5.79. The van der Waals surface area contributed by atoms with E-state index in [1.165, 1.54) is 11.8 Å². The summed E-state index contributed by atoms with van der Waals surface area (Å²) in [4.78, 5) is 23.1. The summed E-state index contributed by atoms with van der Waals surface area (Å²) >= 11 is 8.08. The lowest BCUT2D eigenvalue weighted by atomic mass is 10.4. The molecule has 1 aromatic carbocycles. The summed E-state index contributed by atoms with van der Waals surface area (Å²) in [5, 5.41) is 2.60. The molecule has 15 heavy (non-hydrogen) atoms. The molecule has 1 heterocycles. The van der Waals surface area contributed by atoms with Crippen molar-refractivity contribution in [3.05, 3.63) is 29.3 Å². The van der Waals surface area contributed by atoms with Gasteiger partial charge in [0, 0.05) is 9.92 Å². The second-order valence-electron chi connectivity index (χ2n) is 2.80. The van der Waals surface area contributed by atoms with Crippen molar-refractivity contribution < 1.29 is 9.59 Å². The summed E-state index contributed by atoms with van der Waals surface area (Å²) in [6.45, 7) is 0. The topological polar surface area (TPSA) is 46.2 Å². The van der Waals surface area contributed by atoms with Gasteiger partial charge >= 0.3 is 0 Å². The normalized spacial score (nSPS) is 20.5. The molecule has 1 aromatic rings. The molecule has 1 fully saturated rings. The van der Waals surface area contributed by atoms with Crippen molar-refractivity contribution in [2.75, 3.05) is 0 Å². The molecule has 1 unspecified atom stereocenters. The molecule has 1 atom stereocenters. The number of carbonyl (C=O) groups excluding carboxylic acids is 2. The van der Waals surface area contributed by atoms with Crippen molar-refractivity contribution in [2.24, 2.45) is 0 Å². The van der Waals surface area contributed by atoms with Crippen molar-refractivity contribution >= 4 is 46.3 Å². The lowest BCUT2D eigenvalue weighted by molar-refractivity contribution is -0.117. The molecule has 0 saturated carbocycles. The highest BCUT2D eigenvalue weighted by molar-refractivity contribution is 8.26. The fourth-order valence-corrected chi connectivity index (χ4v) is 3.19. The van der Waals surface area contributed by atoms with Crippen LogP contribution in [0, 0.1) is 0 Å². The molecular formula is C9H6ClNO2S2. The first kappa shape index (κ1) is 10.9. The number of imide groups is 1. The SMILES string of the molecule is O=C1NC(=O)C(Sc2ccc(Cl)cc2)S1. The third-order valence-electron chi connectivity index (χ3n) is 1.71. The van der Waals surface area contributed by atoms with E-state index in [4.69, 9.17) is 11.6 Å². The smallest absolute Gasteiger partial charge is 0.285 e. The Kier molecular flexibility index (Phi) is 3.23. The lowest BCUT2D eigenvalue weighted by Gasteiger charge is -2.04. The monoisotopic (exact) mass is 259 g/mol. The molecule has 0 radical (unpaired) electrons. The highest BCUT2D eigenvalue weighted by Gasteiger charge is 2.32. The minimum absolute atomic E-state index is 0.245. The van der Waals surface area contributed by atoms with E-state index >= 15 is 0 Å². The summed E-state index contributed by atoms with van der Waals surface area (Å²) in [6.07, 6.45) is 0. The van der Waals surface area contributed by atoms with E-state index in [-0.39, 0.29) is 11.1 Å². The van der Waals surface area contributed by atoms with Gasteiger partial charge in [0.2, 0.25) is 0 Å². The molecular weight excluding hydrogens is 254 g/mol. The maximum Gasteiger partial charge on any atom is 0.287 e. The van der Waals surface area contributed by atoms with Crippen molar-refractivity contribution in [1.82, 2.24) is 5.32 Å². The molecule has 2 rings (SSSR count). The first-order chi connectivity index (χ1) is 7.15. The number of hydrogen-bond donors (Lipinski definition) is 1. The van der Waals surface area contributed by atoms with Crippen LogP contribution in [0.15, 0.2) is 29.2 Å². The Morgan fingerprint density at radius 3 is 2.47 bits per heavy atom. The summed E-state index contributed by atoms with van der Waals surface area (Å²) in [6, 6.07) is 7.15. The van der Waals surface area contributed by atoms with Gasteiger partial charge in [0.1, 0.15) is 4.58 Å². The molecule has 6 heteroatoms. The molecule has 3 nitrogen and oxygen atoms in total. The van der Waals surface area contributed by atoms with Crippen LogP contribution in [0.4, 0.5) is 4.79 Å². The van der Waals surface area contributed by atoms with Crippen LogP contribution >= 0.6 is 35.1 Å². The van der Waals surface area contributed by atoms with Crippen molar-refractivity contribution in [1.29, 1.82) is 0 Å². The van der Waals surface area contributed by atoms with Gasteiger partial charge in [-0.15, -0.1) is 11.8 Å². The molecule has 1 N–H and O–H groups in total. The van der Waals surface area contributed by atoms with Crippen LogP contribution < -0.4 is 5.32 Å². The van der Waals surface area contributed by atoms with Crippen LogP contribution in [0.1, 0.15) is 0 Å². The lowest BCUT2D eigenvalue weighted by Crippen LogP contribution is -2.22. The fourth-order valence-electron chi connectivity index (χ4n) is 1.05. The van der Waals surface area contributed by atoms with Crippen molar-refractivity contribution in [3.63, 3.8) is 0 Å². The average molecular weight is 260 g/mol. The number of hydrogen-bond acceptors (Lipinski definition) is 4. The van der Waals surface area contributed by atoms with Gasteiger partial charge in [0.25, 0.3) is 11.1 Å². The minimum Gasteiger partial charge on any atom is -0.285 e. The Morgan fingerprint density at radius 2 is 1.93 bits per heavy atom. The number of nitrogens with one attached hydrogen (secondary N) is 1. The van der Waals surface area contributed by atoms with Gasteiger partial charge in [-0.25, -0.2) is 0 Å². The molecule has 2 amide bonds. The highest BCUT2D eigenvalue weighted by atomic mass is 35.5. The molecule has 1 aliphatic rings.